The van der Waals surface area contributed by atoms with Gasteiger partial charge in [-0.25, -0.2) is 4.79 Å². The Hall–Kier alpha value is -3.55. The van der Waals surface area contributed by atoms with E-state index in [1.54, 1.807) is 31.2 Å². The van der Waals surface area contributed by atoms with E-state index in [0.29, 0.717) is 11.0 Å². The highest BCUT2D eigenvalue weighted by Gasteiger charge is 2.16. The molecule has 27 heavy (non-hydrogen) atoms. The van der Waals surface area contributed by atoms with Crippen LogP contribution >= 0.6 is 0 Å². The highest BCUT2D eigenvalue weighted by Crippen LogP contribution is 2.09. The highest BCUT2D eigenvalue weighted by molar-refractivity contribution is 5.75. The normalized spacial score (nSPS) is 10.6. The van der Waals surface area contributed by atoms with E-state index in [4.69, 9.17) is 14.4 Å². The van der Waals surface area contributed by atoms with Gasteiger partial charge in [-0.1, -0.05) is 42.5 Å². The Morgan fingerprint density at radius 3 is 2.00 bits per heavy atom. The van der Waals surface area contributed by atoms with Crippen molar-refractivity contribution in [3.63, 3.8) is 0 Å². The van der Waals surface area contributed by atoms with Crippen LogP contribution in [0.5, 0.6) is 0 Å². The van der Waals surface area contributed by atoms with Crippen molar-refractivity contribution < 1.29 is 19.2 Å². The standard InChI is InChI=1S/C19H18N2O6/c1-2-25-17(22)13-27-21-16-11-7-6-10-15(16)20(18(23)19(21)24)26-12-14-8-4-3-5-9-14/h3-11H,2,12-13H2,1H3. The molecule has 0 aliphatic heterocycles. The maximum atomic E-state index is 12.5. The number of hydrogen-bond donors (Lipinski definition) is 0. The fourth-order valence-electron chi connectivity index (χ4n) is 2.49. The van der Waals surface area contributed by atoms with Crippen LogP contribution < -0.4 is 20.8 Å². The monoisotopic (exact) mass is 370 g/mol. The summed E-state index contributed by atoms with van der Waals surface area (Å²) in [4.78, 5) is 47.3. The molecule has 2 aromatic carbocycles. The van der Waals surface area contributed by atoms with E-state index in [2.05, 4.69) is 0 Å². The Kier molecular flexibility index (Phi) is 5.55. The fourth-order valence-corrected chi connectivity index (χ4v) is 2.49. The molecule has 1 heterocycles. The molecule has 0 radical (unpaired) electrons. The van der Waals surface area contributed by atoms with Crippen LogP contribution in [0.15, 0.2) is 64.2 Å². The first-order valence-electron chi connectivity index (χ1n) is 8.34. The Bertz CT molecular complexity index is 1060. The first-order chi connectivity index (χ1) is 13.1. The molecule has 0 amide bonds. The maximum absolute atomic E-state index is 12.5. The van der Waals surface area contributed by atoms with E-state index in [9.17, 15) is 14.4 Å². The molecule has 0 bridgehead atoms. The number of fused-ring (bicyclic) bond motifs is 1. The van der Waals surface area contributed by atoms with Gasteiger partial charge in [-0.05, 0) is 24.6 Å². The van der Waals surface area contributed by atoms with Gasteiger partial charge in [-0.3, -0.25) is 9.59 Å². The van der Waals surface area contributed by atoms with Gasteiger partial charge in [0.25, 0.3) is 0 Å². The van der Waals surface area contributed by atoms with E-state index in [1.807, 2.05) is 30.3 Å². The van der Waals surface area contributed by atoms with Crippen molar-refractivity contribution in [3.05, 3.63) is 80.9 Å². The molecule has 3 rings (SSSR count). The average Bonchev–Trinajstić information content (AvgIpc) is 2.69. The minimum Gasteiger partial charge on any atom is -0.463 e. The van der Waals surface area contributed by atoms with E-state index >= 15 is 0 Å². The second kappa shape index (κ2) is 8.22. The van der Waals surface area contributed by atoms with Crippen LogP contribution in [-0.2, 0) is 16.1 Å². The van der Waals surface area contributed by atoms with Gasteiger partial charge >= 0.3 is 17.1 Å². The Morgan fingerprint density at radius 2 is 1.41 bits per heavy atom. The van der Waals surface area contributed by atoms with Crippen LogP contribution in [0.4, 0.5) is 0 Å². The van der Waals surface area contributed by atoms with Gasteiger partial charge < -0.3 is 14.4 Å². The SMILES string of the molecule is CCOC(=O)COn1c(=O)c(=O)n(OCc2ccccc2)c2ccccc21. The molecule has 0 spiro atoms. The minimum absolute atomic E-state index is 0.109. The lowest BCUT2D eigenvalue weighted by molar-refractivity contribution is -0.148. The molecule has 0 aliphatic rings. The average molecular weight is 370 g/mol. The number of rotatable bonds is 7. The summed E-state index contributed by atoms with van der Waals surface area (Å²) < 4.78 is 6.50. The van der Waals surface area contributed by atoms with Crippen LogP contribution in [0.3, 0.4) is 0 Å². The van der Waals surface area contributed by atoms with Crippen LogP contribution in [0.25, 0.3) is 11.0 Å². The zero-order valence-electron chi connectivity index (χ0n) is 14.7. The van der Waals surface area contributed by atoms with E-state index in [-0.39, 0.29) is 13.2 Å². The van der Waals surface area contributed by atoms with Crippen LogP contribution in [-0.4, -0.2) is 28.6 Å². The van der Waals surface area contributed by atoms with Crippen molar-refractivity contribution in [1.29, 1.82) is 0 Å². The zero-order chi connectivity index (χ0) is 19.2. The summed E-state index contributed by atoms with van der Waals surface area (Å²) in [5.41, 5.74) is -0.419. The molecule has 1 aromatic heterocycles. The number of hydrogen-bond acceptors (Lipinski definition) is 6. The number of benzene rings is 2. The predicted molar refractivity (Wildman–Crippen MR) is 97.3 cm³/mol. The number of carbonyl (C=O) groups excluding carboxylic acids is 1. The molecular formula is C19H18N2O6. The van der Waals surface area contributed by atoms with Gasteiger partial charge in [0.15, 0.2) is 0 Å². The number of esters is 1. The fraction of sp³-hybridized carbons (Fsp3) is 0.211. The maximum Gasteiger partial charge on any atom is 0.352 e. The third-order valence-corrected chi connectivity index (χ3v) is 3.69. The summed E-state index contributed by atoms with van der Waals surface area (Å²) in [5, 5.41) is 0. The smallest absolute Gasteiger partial charge is 0.352 e. The number of aromatic nitrogens is 2. The molecule has 3 aromatic rings. The summed E-state index contributed by atoms with van der Waals surface area (Å²) in [6, 6.07) is 15.8. The van der Waals surface area contributed by atoms with Crippen LogP contribution in [0.2, 0.25) is 0 Å². The molecule has 0 fully saturated rings. The molecule has 0 atom stereocenters. The highest BCUT2D eigenvalue weighted by atomic mass is 16.7. The Morgan fingerprint density at radius 1 is 0.852 bits per heavy atom. The predicted octanol–water partition coefficient (Wildman–Crippen LogP) is 0.784. The van der Waals surface area contributed by atoms with Crippen molar-refractivity contribution in [1.82, 2.24) is 9.46 Å². The van der Waals surface area contributed by atoms with Crippen molar-refractivity contribution in [3.8, 4) is 0 Å². The summed E-state index contributed by atoms with van der Waals surface area (Å²) in [5.74, 6) is -0.641. The van der Waals surface area contributed by atoms with E-state index in [0.717, 1.165) is 15.0 Å². The van der Waals surface area contributed by atoms with Crippen LogP contribution in [0.1, 0.15) is 12.5 Å². The zero-order valence-corrected chi connectivity index (χ0v) is 14.7. The first kappa shape index (κ1) is 18.2. The number of carbonyl (C=O) groups is 1. The van der Waals surface area contributed by atoms with Crippen LogP contribution in [0, 0.1) is 0 Å². The molecular weight excluding hydrogens is 352 g/mol. The second-order valence-corrected chi connectivity index (χ2v) is 5.53. The van der Waals surface area contributed by atoms with Crippen molar-refractivity contribution in [2.24, 2.45) is 0 Å². The number of ether oxygens (including phenoxy) is 1. The Labute approximate surface area is 154 Å². The van der Waals surface area contributed by atoms with E-state index < -0.39 is 23.7 Å². The van der Waals surface area contributed by atoms with Gasteiger partial charge in [0.2, 0.25) is 6.61 Å². The molecule has 0 unspecified atom stereocenters. The molecule has 0 aliphatic carbocycles. The lowest BCUT2D eigenvalue weighted by atomic mass is 10.2. The topological polar surface area (TPSA) is 88.8 Å². The van der Waals surface area contributed by atoms with Gasteiger partial charge in [0.05, 0.1) is 6.61 Å². The summed E-state index contributed by atoms with van der Waals surface area (Å²) in [6.45, 7) is 1.46. The summed E-state index contributed by atoms with van der Waals surface area (Å²) >= 11 is 0. The number of nitrogens with zero attached hydrogens (tertiary/aromatic N) is 2. The largest absolute Gasteiger partial charge is 0.463 e. The quantitative estimate of drug-likeness (QED) is 0.451. The molecule has 8 nitrogen and oxygen atoms in total. The number of para-hydroxylation sites is 2. The van der Waals surface area contributed by atoms with Gasteiger partial charge in [0, 0.05) is 0 Å². The molecule has 0 N–H and O–H groups in total. The lowest BCUT2D eigenvalue weighted by Gasteiger charge is -2.15. The lowest BCUT2D eigenvalue weighted by Crippen LogP contribution is -2.46. The van der Waals surface area contributed by atoms with Gasteiger partial charge in [-0.2, -0.15) is 0 Å². The molecule has 0 saturated heterocycles. The van der Waals surface area contributed by atoms with Crippen molar-refractivity contribution in [2.45, 2.75) is 13.5 Å². The Balaban J connectivity index is 1.98. The third kappa shape index (κ3) is 4.00. The summed E-state index contributed by atoms with van der Waals surface area (Å²) in [6.07, 6.45) is 0. The molecule has 8 heteroatoms. The molecule has 0 saturated carbocycles. The minimum atomic E-state index is -0.967. The van der Waals surface area contributed by atoms with Crippen molar-refractivity contribution >= 4 is 17.0 Å². The first-order valence-corrected chi connectivity index (χ1v) is 8.34. The van der Waals surface area contributed by atoms with Crippen molar-refractivity contribution in [2.75, 3.05) is 13.2 Å². The molecule has 140 valence electrons. The van der Waals surface area contributed by atoms with Gasteiger partial charge in [0.1, 0.15) is 17.6 Å². The van der Waals surface area contributed by atoms with E-state index in [1.165, 1.54) is 0 Å². The summed E-state index contributed by atoms with van der Waals surface area (Å²) in [7, 11) is 0. The second-order valence-electron chi connectivity index (χ2n) is 5.53. The van der Waals surface area contributed by atoms with Gasteiger partial charge in [-0.15, -0.1) is 9.46 Å². The third-order valence-electron chi connectivity index (χ3n) is 3.69.